The first-order valence-electron chi connectivity index (χ1n) is 5.91. The molecule has 0 saturated heterocycles. The maximum Gasteiger partial charge on any atom is 0.348 e. The van der Waals surface area contributed by atoms with E-state index in [-0.39, 0.29) is 10.8 Å². The maximum absolute atomic E-state index is 11.8. The van der Waals surface area contributed by atoms with Gasteiger partial charge in [-0.25, -0.2) is 4.79 Å². The summed E-state index contributed by atoms with van der Waals surface area (Å²) in [5.74, 6) is -1.17. The monoisotopic (exact) mass is 373 g/mol. The number of hydrogen-bond acceptors (Lipinski definition) is 4. The van der Waals surface area contributed by atoms with E-state index in [4.69, 9.17) is 5.11 Å². The van der Waals surface area contributed by atoms with Gasteiger partial charge in [-0.15, -0.1) is 22.7 Å². The Bertz CT molecular complexity index is 621. The summed E-state index contributed by atoms with van der Waals surface area (Å²) in [6, 6.07) is 5.64. The highest BCUT2D eigenvalue weighted by Gasteiger charge is 2.13. The van der Waals surface area contributed by atoms with Crippen LogP contribution in [0, 0.1) is 0 Å². The van der Waals surface area contributed by atoms with Gasteiger partial charge in [0.1, 0.15) is 4.88 Å². The van der Waals surface area contributed by atoms with Gasteiger partial charge in [0.2, 0.25) is 5.91 Å². The number of amides is 1. The second-order valence-corrected chi connectivity index (χ2v) is 7.54. The topological polar surface area (TPSA) is 66.4 Å². The minimum atomic E-state index is -1.02. The molecule has 0 saturated carbocycles. The molecule has 2 heterocycles. The molecule has 2 aromatic heterocycles. The molecule has 20 heavy (non-hydrogen) atoms. The summed E-state index contributed by atoms with van der Waals surface area (Å²) in [7, 11) is 0. The number of thiophene rings is 2. The van der Waals surface area contributed by atoms with Gasteiger partial charge in [-0.3, -0.25) is 4.79 Å². The van der Waals surface area contributed by atoms with Gasteiger partial charge in [-0.05, 0) is 52.4 Å². The van der Waals surface area contributed by atoms with E-state index in [1.165, 1.54) is 4.88 Å². The lowest BCUT2D eigenvalue weighted by Gasteiger charge is -2.04. The number of hydrogen-bond donors (Lipinski definition) is 2. The third-order valence-electron chi connectivity index (χ3n) is 2.59. The summed E-state index contributed by atoms with van der Waals surface area (Å²) in [4.78, 5) is 24.1. The van der Waals surface area contributed by atoms with Crippen molar-refractivity contribution in [1.82, 2.24) is 0 Å². The Morgan fingerprint density at radius 3 is 2.75 bits per heavy atom. The summed E-state index contributed by atoms with van der Waals surface area (Å²) in [6.07, 6.45) is 1.97. The summed E-state index contributed by atoms with van der Waals surface area (Å²) in [5.41, 5.74) is 0.381. The van der Waals surface area contributed by atoms with E-state index in [0.29, 0.717) is 12.1 Å². The molecule has 0 aliphatic rings. The van der Waals surface area contributed by atoms with Crippen LogP contribution in [0.25, 0.3) is 0 Å². The molecule has 2 aromatic rings. The van der Waals surface area contributed by atoms with Crippen LogP contribution in [0.15, 0.2) is 27.4 Å². The quantitative estimate of drug-likeness (QED) is 0.795. The Kier molecular flexibility index (Phi) is 5.33. The fourth-order valence-corrected chi connectivity index (χ4v) is 3.91. The maximum atomic E-state index is 11.8. The van der Waals surface area contributed by atoms with Crippen LogP contribution >= 0.6 is 38.6 Å². The van der Waals surface area contributed by atoms with E-state index in [0.717, 1.165) is 28.0 Å². The average molecular weight is 374 g/mol. The Labute approximate surface area is 132 Å². The third-order valence-corrected chi connectivity index (χ3v) is 5.18. The number of aryl methyl sites for hydroxylation is 1. The molecule has 0 bridgehead atoms. The van der Waals surface area contributed by atoms with Crippen molar-refractivity contribution in [3.63, 3.8) is 0 Å². The van der Waals surface area contributed by atoms with Gasteiger partial charge in [-0.2, -0.15) is 0 Å². The third kappa shape index (κ3) is 4.16. The van der Waals surface area contributed by atoms with Gasteiger partial charge in [0.05, 0.1) is 9.47 Å². The van der Waals surface area contributed by atoms with Crippen molar-refractivity contribution in [2.45, 2.75) is 19.3 Å². The van der Waals surface area contributed by atoms with Crippen molar-refractivity contribution in [3.8, 4) is 0 Å². The van der Waals surface area contributed by atoms with E-state index in [1.807, 2.05) is 12.1 Å². The van der Waals surface area contributed by atoms with E-state index >= 15 is 0 Å². The lowest BCUT2D eigenvalue weighted by Crippen LogP contribution is -2.13. The molecule has 0 radical (unpaired) electrons. The van der Waals surface area contributed by atoms with Crippen LogP contribution in [-0.4, -0.2) is 17.0 Å². The van der Waals surface area contributed by atoms with Crippen molar-refractivity contribution in [2.75, 3.05) is 5.32 Å². The first-order valence-corrected chi connectivity index (χ1v) is 8.40. The number of aromatic carboxylic acids is 1. The molecule has 0 atom stereocenters. The molecule has 4 nitrogen and oxygen atoms in total. The number of rotatable bonds is 6. The molecule has 0 aliphatic carbocycles. The van der Waals surface area contributed by atoms with Crippen molar-refractivity contribution in [2.24, 2.45) is 0 Å². The highest BCUT2D eigenvalue weighted by atomic mass is 79.9. The second-order valence-electron chi connectivity index (χ2n) is 4.08. The Hall–Kier alpha value is -1.18. The van der Waals surface area contributed by atoms with Crippen LogP contribution < -0.4 is 5.32 Å². The van der Waals surface area contributed by atoms with Crippen LogP contribution in [0.5, 0.6) is 0 Å². The van der Waals surface area contributed by atoms with Gasteiger partial charge >= 0.3 is 5.97 Å². The van der Waals surface area contributed by atoms with Crippen molar-refractivity contribution < 1.29 is 14.7 Å². The lowest BCUT2D eigenvalue weighted by molar-refractivity contribution is -0.116. The Morgan fingerprint density at radius 2 is 2.10 bits per heavy atom. The largest absolute Gasteiger partial charge is 0.477 e. The minimum absolute atomic E-state index is 0.151. The number of nitrogens with one attached hydrogen (secondary N) is 1. The van der Waals surface area contributed by atoms with Gasteiger partial charge in [0.15, 0.2) is 0 Å². The number of halogens is 1. The average Bonchev–Trinajstić information content (AvgIpc) is 2.98. The molecule has 7 heteroatoms. The normalized spacial score (nSPS) is 10.4. The van der Waals surface area contributed by atoms with Gasteiger partial charge in [-0.1, -0.05) is 0 Å². The molecule has 106 valence electrons. The molecular weight excluding hydrogens is 362 g/mol. The smallest absolute Gasteiger partial charge is 0.348 e. The zero-order chi connectivity index (χ0) is 14.5. The van der Waals surface area contributed by atoms with Gasteiger partial charge in [0, 0.05) is 11.3 Å². The van der Waals surface area contributed by atoms with E-state index in [2.05, 4.69) is 21.2 Å². The molecule has 2 rings (SSSR count). The van der Waals surface area contributed by atoms with E-state index < -0.39 is 5.97 Å². The second kappa shape index (κ2) is 7.01. The van der Waals surface area contributed by atoms with Crippen molar-refractivity contribution in [1.29, 1.82) is 0 Å². The lowest BCUT2D eigenvalue weighted by atomic mass is 10.2. The molecular formula is C13H12BrNO3S2. The zero-order valence-corrected chi connectivity index (χ0v) is 13.6. The molecule has 0 spiro atoms. The van der Waals surface area contributed by atoms with Crippen molar-refractivity contribution in [3.05, 3.63) is 37.1 Å². The predicted molar refractivity (Wildman–Crippen MR) is 84.9 cm³/mol. The SMILES string of the molecule is O=C(CCCc1ccc(Br)s1)Nc1ccsc1C(=O)O. The number of anilines is 1. The van der Waals surface area contributed by atoms with Crippen LogP contribution in [0.4, 0.5) is 5.69 Å². The van der Waals surface area contributed by atoms with Crippen LogP contribution in [0.3, 0.4) is 0 Å². The first kappa shape index (κ1) is 15.2. The van der Waals surface area contributed by atoms with Crippen molar-refractivity contribution >= 4 is 56.2 Å². The number of carboxylic acid groups (broad SMARTS) is 1. The summed E-state index contributed by atoms with van der Waals surface area (Å²) in [6.45, 7) is 0. The highest BCUT2D eigenvalue weighted by molar-refractivity contribution is 9.11. The van der Waals surface area contributed by atoms with Gasteiger partial charge in [0.25, 0.3) is 0 Å². The highest BCUT2D eigenvalue weighted by Crippen LogP contribution is 2.24. The Balaban J connectivity index is 1.80. The van der Waals surface area contributed by atoms with E-state index in [1.54, 1.807) is 22.8 Å². The fraction of sp³-hybridized carbons (Fsp3) is 0.231. The minimum Gasteiger partial charge on any atom is -0.477 e. The van der Waals surface area contributed by atoms with Gasteiger partial charge < -0.3 is 10.4 Å². The predicted octanol–water partition coefficient (Wildman–Crippen LogP) is 4.23. The zero-order valence-electron chi connectivity index (χ0n) is 10.4. The molecule has 0 fully saturated rings. The molecule has 0 unspecified atom stereocenters. The fourth-order valence-electron chi connectivity index (χ4n) is 1.70. The number of carboxylic acids is 1. The first-order chi connectivity index (χ1) is 9.56. The van der Waals surface area contributed by atoms with E-state index in [9.17, 15) is 9.59 Å². The number of carbonyl (C=O) groups is 2. The van der Waals surface area contributed by atoms with Crippen LogP contribution in [0.1, 0.15) is 27.4 Å². The standard InChI is InChI=1S/C13H12BrNO3S2/c14-10-5-4-8(20-10)2-1-3-11(16)15-9-6-7-19-12(9)13(17)18/h4-7H,1-3H2,(H,15,16)(H,17,18). The summed E-state index contributed by atoms with van der Waals surface area (Å²) in [5, 5.41) is 13.3. The Morgan fingerprint density at radius 1 is 1.30 bits per heavy atom. The summed E-state index contributed by atoms with van der Waals surface area (Å²) < 4.78 is 1.08. The number of carbonyl (C=O) groups excluding carboxylic acids is 1. The molecule has 0 aromatic carbocycles. The van der Waals surface area contributed by atoms with Crippen LogP contribution in [-0.2, 0) is 11.2 Å². The molecule has 2 N–H and O–H groups in total. The molecule has 1 amide bonds. The summed E-state index contributed by atoms with van der Waals surface area (Å²) >= 11 is 6.16. The van der Waals surface area contributed by atoms with Crippen LogP contribution in [0.2, 0.25) is 0 Å². The molecule has 0 aliphatic heterocycles.